The molecule has 112 valence electrons. The lowest BCUT2D eigenvalue weighted by Gasteiger charge is -2.26. The maximum atomic E-state index is 12.1. The first-order valence-corrected chi connectivity index (χ1v) is 8.94. The Balaban J connectivity index is 1.88. The lowest BCUT2D eigenvalue weighted by molar-refractivity contribution is 0.271. The lowest BCUT2D eigenvalue weighted by atomic mass is 9.81. The van der Waals surface area contributed by atoms with Gasteiger partial charge in [-0.1, -0.05) is 37.8 Å². The van der Waals surface area contributed by atoms with Crippen LogP contribution in [0.15, 0.2) is 23.4 Å². The SMILES string of the molecule is CC1CCCC(CCNS(=O)(=O)c2cnccc2Cl)C1. The van der Waals surface area contributed by atoms with Gasteiger partial charge in [-0.05, 0) is 30.7 Å². The van der Waals surface area contributed by atoms with E-state index >= 15 is 0 Å². The van der Waals surface area contributed by atoms with E-state index in [4.69, 9.17) is 11.6 Å². The molecule has 20 heavy (non-hydrogen) atoms. The second-order valence-electron chi connectivity index (χ2n) is 5.63. The van der Waals surface area contributed by atoms with Crippen molar-refractivity contribution < 1.29 is 8.42 Å². The number of sulfonamides is 1. The highest BCUT2D eigenvalue weighted by atomic mass is 35.5. The summed E-state index contributed by atoms with van der Waals surface area (Å²) < 4.78 is 26.9. The van der Waals surface area contributed by atoms with Crippen molar-refractivity contribution in [3.8, 4) is 0 Å². The fourth-order valence-corrected chi connectivity index (χ4v) is 4.33. The maximum absolute atomic E-state index is 12.1. The second kappa shape index (κ2) is 6.87. The molecule has 2 atom stereocenters. The van der Waals surface area contributed by atoms with Crippen LogP contribution in [0.1, 0.15) is 39.0 Å². The third-order valence-electron chi connectivity index (χ3n) is 3.91. The van der Waals surface area contributed by atoms with Crippen molar-refractivity contribution in [3.05, 3.63) is 23.5 Å². The summed E-state index contributed by atoms with van der Waals surface area (Å²) in [6.07, 6.45) is 8.62. The third-order valence-corrected chi connectivity index (χ3v) is 5.84. The molecule has 2 rings (SSSR count). The van der Waals surface area contributed by atoms with E-state index in [1.54, 1.807) is 0 Å². The molecule has 1 aliphatic rings. The normalized spacial score (nSPS) is 23.7. The summed E-state index contributed by atoms with van der Waals surface area (Å²) in [5.74, 6) is 1.39. The zero-order chi connectivity index (χ0) is 14.6. The Kier molecular flexibility index (Phi) is 5.41. The number of nitrogens with zero attached hydrogens (tertiary/aromatic N) is 1. The van der Waals surface area contributed by atoms with Crippen molar-refractivity contribution in [1.29, 1.82) is 0 Å². The minimum absolute atomic E-state index is 0.0543. The number of rotatable bonds is 5. The van der Waals surface area contributed by atoms with Gasteiger partial charge < -0.3 is 0 Å². The minimum atomic E-state index is -3.55. The lowest BCUT2D eigenvalue weighted by Crippen LogP contribution is -2.27. The van der Waals surface area contributed by atoms with Crippen LogP contribution in [0.2, 0.25) is 5.02 Å². The fraction of sp³-hybridized carbons (Fsp3) is 0.643. The van der Waals surface area contributed by atoms with Crippen LogP contribution in [-0.2, 0) is 10.0 Å². The van der Waals surface area contributed by atoms with E-state index in [1.165, 1.54) is 44.1 Å². The van der Waals surface area contributed by atoms with Crippen LogP contribution in [0.4, 0.5) is 0 Å². The summed E-state index contributed by atoms with van der Waals surface area (Å²) in [5.41, 5.74) is 0. The molecule has 1 N–H and O–H groups in total. The molecule has 2 unspecified atom stereocenters. The van der Waals surface area contributed by atoms with Crippen molar-refractivity contribution in [2.45, 2.75) is 43.9 Å². The molecule has 0 bridgehead atoms. The largest absolute Gasteiger partial charge is 0.263 e. The Hall–Kier alpha value is -0.650. The van der Waals surface area contributed by atoms with Gasteiger partial charge in [-0.3, -0.25) is 4.98 Å². The zero-order valence-corrected chi connectivity index (χ0v) is 13.3. The Morgan fingerprint density at radius 3 is 2.95 bits per heavy atom. The molecule has 1 heterocycles. The van der Waals surface area contributed by atoms with Gasteiger partial charge in [0.25, 0.3) is 0 Å². The monoisotopic (exact) mass is 316 g/mol. The molecule has 4 nitrogen and oxygen atoms in total. The first kappa shape index (κ1) is 15.7. The smallest absolute Gasteiger partial charge is 0.243 e. The van der Waals surface area contributed by atoms with Crippen LogP contribution in [0.5, 0.6) is 0 Å². The summed E-state index contributed by atoms with van der Waals surface area (Å²) in [5, 5.41) is 0.207. The molecule has 0 spiro atoms. The molecule has 0 aromatic carbocycles. The molecule has 0 radical (unpaired) electrons. The number of halogens is 1. The van der Waals surface area contributed by atoms with E-state index < -0.39 is 10.0 Å². The first-order valence-electron chi connectivity index (χ1n) is 7.08. The molecule has 0 saturated heterocycles. The number of pyridine rings is 1. The van der Waals surface area contributed by atoms with Crippen molar-refractivity contribution in [3.63, 3.8) is 0 Å². The predicted molar refractivity (Wildman–Crippen MR) is 80.2 cm³/mol. The second-order valence-corrected chi connectivity index (χ2v) is 7.77. The summed E-state index contributed by atoms with van der Waals surface area (Å²) in [6.45, 7) is 2.73. The zero-order valence-electron chi connectivity index (χ0n) is 11.7. The molecule has 0 aliphatic heterocycles. The fourth-order valence-electron chi connectivity index (χ4n) is 2.86. The van der Waals surface area contributed by atoms with E-state index in [-0.39, 0.29) is 9.92 Å². The predicted octanol–water partition coefficient (Wildman–Crippen LogP) is 3.23. The molecule has 1 fully saturated rings. The molecular formula is C14H21ClN2O2S. The summed E-state index contributed by atoms with van der Waals surface area (Å²) in [7, 11) is -3.55. The third kappa shape index (κ3) is 4.17. The van der Waals surface area contributed by atoms with Gasteiger partial charge in [-0.15, -0.1) is 0 Å². The quantitative estimate of drug-likeness (QED) is 0.907. The molecular weight excluding hydrogens is 296 g/mol. The average Bonchev–Trinajstić information content (AvgIpc) is 2.39. The van der Waals surface area contributed by atoms with Gasteiger partial charge in [0.05, 0.1) is 5.02 Å². The van der Waals surface area contributed by atoms with Gasteiger partial charge >= 0.3 is 0 Å². The topological polar surface area (TPSA) is 59.1 Å². The van der Waals surface area contributed by atoms with Gasteiger partial charge in [0, 0.05) is 18.9 Å². The van der Waals surface area contributed by atoms with Gasteiger partial charge in [0.2, 0.25) is 10.0 Å². The van der Waals surface area contributed by atoms with E-state index in [9.17, 15) is 8.42 Å². The van der Waals surface area contributed by atoms with Crippen molar-refractivity contribution in [1.82, 2.24) is 9.71 Å². The van der Waals surface area contributed by atoms with Gasteiger partial charge in [-0.2, -0.15) is 0 Å². The van der Waals surface area contributed by atoms with Crippen LogP contribution in [0.25, 0.3) is 0 Å². The van der Waals surface area contributed by atoms with Crippen LogP contribution < -0.4 is 4.72 Å². The molecule has 1 saturated carbocycles. The number of aromatic nitrogens is 1. The average molecular weight is 317 g/mol. The Morgan fingerprint density at radius 2 is 2.25 bits per heavy atom. The van der Waals surface area contributed by atoms with Crippen LogP contribution in [0.3, 0.4) is 0 Å². The molecule has 1 aliphatic carbocycles. The van der Waals surface area contributed by atoms with Crippen LogP contribution in [0, 0.1) is 11.8 Å². The Morgan fingerprint density at radius 1 is 1.45 bits per heavy atom. The highest BCUT2D eigenvalue weighted by molar-refractivity contribution is 7.89. The molecule has 1 aromatic rings. The highest BCUT2D eigenvalue weighted by Crippen LogP contribution is 2.30. The van der Waals surface area contributed by atoms with Crippen LogP contribution >= 0.6 is 11.6 Å². The maximum Gasteiger partial charge on any atom is 0.243 e. The van der Waals surface area contributed by atoms with E-state index in [2.05, 4.69) is 16.6 Å². The minimum Gasteiger partial charge on any atom is -0.263 e. The number of nitrogens with one attached hydrogen (secondary N) is 1. The number of hydrogen-bond acceptors (Lipinski definition) is 3. The molecule has 6 heteroatoms. The standard InChI is InChI=1S/C14H21ClN2O2S/c1-11-3-2-4-12(9-11)5-8-17-20(18,19)14-10-16-7-6-13(14)15/h6-7,10-12,17H,2-5,8-9H2,1H3. The van der Waals surface area contributed by atoms with Crippen molar-refractivity contribution in [2.24, 2.45) is 11.8 Å². The Bertz CT molecular complexity index is 548. The summed E-state index contributed by atoms with van der Waals surface area (Å²) >= 11 is 5.90. The molecule has 0 amide bonds. The van der Waals surface area contributed by atoms with Gasteiger partial charge in [-0.25, -0.2) is 13.1 Å². The summed E-state index contributed by atoms with van der Waals surface area (Å²) in [4.78, 5) is 3.87. The van der Waals surface area contributed by atoms with Crippen LogP contribution in [-0.4, -0.2) is 19.9 Å². The van der Waals surface area contributed by atoms with Gasteiger partial charge in [0.15, 0.2) is 0 Å². The number of hydrogen-bond donors (Lipinski definition) is 1. The molecule has 1 aromatic heterocycles. The summed E-state index contributed by atoms with van der Waals surface area (Å²) in [6, 6.07) is 1.49. The Labute approximate surface area is 126 Å². The van der Waals surface area contributed by atoms with E-state index in [0.29, 0.717) is 12.5 Å². The first-order chi connectivity index (χ1) is 9.49. The van der Waals surface area contributed by atoms with E-state index in [1.807, 2.05) is 0 Å². The van der Waals surface area contributed by atoms with E-state index in [0.717, 1.165) is 12.3 Å². The van der Waals surface area contributed by atoms with Gasteiger partial charge in [0.1, 0.15) is 4.90 Å². The van der Waals surface area contributed by atoms with Crippen molar-refractivity contribution in [2.75, 3.05) is 6.54 Å². The van der Waals surface area contributed by atoms with Crippen molar-refractivity contribution >= 4 is 21.6 Å². The highest BCUT2D eigenvalue weighted by Gasteiger charge is 2.21.